The van der Waals surface area contributed by atoms with Gasteiger partial charge in [0.15, 0.2) is 0 Å². The van der Waals surface area contributed by atoms with Crippen LogP contribution < -0.4 is 5.56 Å². The molecule has 1 saturated heterocycles. The Morgan fingerprint density at radius 3 is 2.69 bits per heavy atom. The lowest BCUT2D eigenvalue weighted by atomic mass is 10.2. The molecular formula is C19H19N5O4S. The van der Waals surface area contributed by atoms with Crippen LogP contribution in [0.4, 0.5) is 5.69 Å². The van der Waals surface area contributed by atoms with E-state index in [0.717, 1.165) is 19.6 Å². The minimum atomic E-state index is -0.558. The standard InChI is InChI=1S/C19H19N5O4S/c25-18(22-7-5-21(6-8-22)11-15-2-1-9-29-15)12-23-13-20-17-4-3-14(24(27)28)10-16(17)19(23)26/h1-4,9-10,13H,5-8,11-12H2. The van der Waals surface area contributed by atoms with Crippen molar-refractivity contribution in [3.63, 3.8) is 0 Å². The molecule has 2 aromatic heterocycles. The van der Waals surface area contributed by atoms with Crippen molar-refractivity contribution < 1.29 is 9.72 Å². The molecule has 1 aromatic carbocycles. The summed E-state index contributed by atoms with van der Waals surface area (Å²) in [6, 6.07) is 8.08. The molecule has 0 radical (unpaired) electrons. The molecule has 0 N–H and O–H groups in total. The Kier molecular flexibility index (Phi) is 5.36. The van der Waals surface area contributed by atoms with Crippen molar-refractivity contribution >= 4 is 33.8 Å². The van der Waals surface area contributed by atoms with Crippen LogP contribution in [0.5, 0.6) is 0 Å². The first-order valence-electron chi connectivity index (χ1n) is 9.17. The average Bonchev–Trinajstić information content (AvgIpc) is 3.23. The third-order valence-corrected chi connectivity index (χ3v) is 5.87. The third-order valence-electron chi connectivity index (χ3n) is 5.01. The molecule has 1 aliphatic heterocycles. The number of amides is 1. The zero-order chi connectivity index (χ0) is 20.4. The summed E-state index contributed by atoms with van der Waals surface area (Å²) in [5, 5.41) is 13.2. The van der Waals surface area contributed by atoms with Crippen molar-refractivity contribution in [2.45, 2.75) is 13.1 Å². The lowest BCUT2D eigenvalue weighted by molar-refractivity contribution is -0.384. The number of hydrogen-bond donors (Lipinski definition) is 0. The van der Waals surface area contributed by atoms with Crippen LogP contribution in [0.15, 0.2) is 46.8 Å². The second kappa shape index (κ2) is 8.10. The summed E-state index contributed by atoms with van der Waals surface area (Å²) in [4.78, 5) is 45.3. The number of rotatable bonds is 5. The highest BCUT2D eigenvalue weighted by atomic mass is 32.1. The van der Waals surface area contributed by atoms with Gasteiger partial charge in [0.25, 0.3) is 11.2 Å². The predicted molar refractivity (Wildman–Crippen MR) is 109 cm³/mol. The monoisotopic (exact) mass is 413 g/mol. The van der Waals surface area contributed by atoms with Crippen molar-refractivity contribution in [1.29, 1.82) is 0 Å². The maximum Gasteiger partial charge on any atom is 0.270 e. The molecule has 29 heavy (non-hydrogen) atoms. The quantitative estimate of drug-likeness (QED) is 0.466. The van der Waals surface area contributed by atoms with Gasteiger partial charge in [-0.05, 0) is 17.5 Å². The third kappa shape index (κ3) is 4.17. The molecule has 1 amide bonds. The Balaban J connectivity index is 1.43. The van der Waals surface area contributed by atoms with E-state index in [9.17, 15) is 19.7 Å². The van der Waals surface area contributed by atoms with Gasteiger partial charge >= 0.3 is 0 Å². The number of carbonyl (C=O) groups excluding carboxylic acids is 1. The Morgan fingerprint density at radius 2 is 2.00 bits per heavy atom. The number of non-ortho nitro benzene ring substituents is 1. The van der Waals surface area contributed by atoms with E-state index in [1.165, 1.54) is 34.0 Å². The van der Waals surface area contributed by atoms with Crippen molar-refractivity contribution in [2.24, 2.45) is 0 Å². The van der Waals surface area contributed by atoms with Crippen molar-refractivity contribution in [2.75, 3.05) is 26.2 Å². The van der Waals surface area contributed by atoms with Crippen LogP contribution in [-0.4, -0.2) is 56.4 Å². The van der Waals surface area contributed by atoms with E-state index in [2.05, 4.69) is 21.3 Å². The smallest absolute Gasteiger partial charge is 0.270 e. The highest BCUT2D eigenvalue weighted by Crippen LogP contribution is 2.16. The molecule has 3 aromatic rings. The molecule has 0 saturated carbocycles. The Hall–Kier alpha value is -3.11. The SMILES string of the molecule is O=C(Cn1cnc2ccc([N+](=O)[O-])cc2c1=O)N1CCN(Cc2cccs2)CC1. The second-order valence-corrected chi connectivity index (χ2v) is 7.90. The number of carbonyl (C=O) groups is 1. The fraction of sp³-hybridized carbons (Fsp3) is 0.316. The van der Waals surface area contributed by atoms with Crippen molar-refractivity contribution in [3.8, 4) is 0 Å². The molecule has 9 nitrogen and oxygen atoms in total. The first-order chi connectivity index (χ1) is 14.0. The summed E-state index contributed by atoms with van der Waals surface area (Å²) in [5.74, 6) is -0.158. The number of benzene rings is 1. The molecule has 1 aliphatic rings. The van der Waals surface area contributed by atoms with E-state index >= 15 is 0 Å². The fourth-order valence-corrected chi connectivity index (χ4v) is 4.14. The summed E-state index contributed by atoms with van der Waals surface area (Å²) in [5.41, 5.74) is -0.266. The van der Waals surface area contributed by atoms with Crippen LogP contribution in [0.1, 0.15) is 4.88 Å². The van der Waals surface area contributed by atoms with E-state index in [0.29, 0.717) is 18.6 Å². The lowest BCUT2D eigenvalue weighted by Crippen LogP contribution is -2.49. The largest absolute Gasteiger partial charge is 0.339 e. The van der Waals surface area contributed by atoms with E-state index in [1.807, 2.05) is 6.07 Å². The van der Waals surface area contributed by atoms with E-state index in [-0.39, 0.29) is 23.5 Å². The zero-order valence-electron chi connectivity index (χ0n) is 15.6. The number of thiophene rings is 1. The summed E-state index contributed by atoms with van der Waals surface area (Å²) < 4.78 is 1.21. The van der Waals surface area contributed by atoms with Gasteiger partial charge in [-0.1, -0.05) is 6.07 Å². The minimum absolute atomic E-state index is 0.130. The highest BCUT2D eigenvalue weighted by Gasteiger charge is 2.22. The maximum absolute atomic E-state index is 12.7. The number of nitro groups is 1. The van der Waals surface area contributed by atoms with Gasteiger partial charge in [-0.3, -0.25) is 29.2 Å². The summed E-state index contributed by atoms with van der Waals surface area (Å²) in [6.07, 6.45) is 1.32. The lowest BCUT2D eigenvalue weighted by Gasteiger charge is -2.34. The second-order valence-electron chi connectivity index (χ2n) is 6.87. The van der Waals surface area contributed by atoms with Crippen molar-refractivity contribution in [1.82, 2.24) is 19.4 Å². The average molecular weight is 413 g/mol. The molecule has 10 heteroatoms. The molecule has 0 unspecified atom stereocenters. The van der Waals surface area contributed by atoms with Crippen LogP contribution in [-0.2, 0) is 17.9 Å². The topological polar surface area (TPSA) is 102 Å². The molecule has 3 heterocycles. The normalized spacial score (nSPS) is 15.0. The van der Waals surface area contributed by atoms with Crippen LogP contribution >= 0.6 is 11.3 Å². The van der Waals surface area contributed by atoms with Crippen molar-refractivity contribution in [3.05, 3.63) is 67.4 Å². The summed E-state index contributed by atoms with van der Waals surface area (Å²) in [7, 11) is 0. The molecule has 0 bridgehead atoms. The van der Waals surface area contributed by atoms with Gasteiger partial charge in [-0.25, -0.2) is 4.98 Å². The van der Waals surface area contributed by atoms with E-state index < -0.39 is 10.5 Å². The van der Waals surface area contributed by atoms with Gasteiger partial charge < -0.3 is 4.90 Å². The molecule has 150 valence electrons. The summed E-state index contributed by atoms with van der Waals surface area (Å²) >= 11 is 1.72. The number of nitrogens with zero attached hydrogens (tertiary/aromatic N) is 5. The maximum atomic E-state index is 12.7. The Labute approximate surface area is 170 Å². The molecule has 0 atom stereocenters. The van der Waals surface area contributed by atoms with E-state index in [1.54, 1.807) is 16.2 Å². The van der Waals surface area contributed by atoms with Crippen LogP contribution in [0.25, 0.3) is 10.9 Å². The van der Waals surface area contributed by atoms with Crippen LogP contribution in [0.2, 0.25) is 0 Å². The van der Waals surface area contributed by atoms with Crippen LogP contribution in [0.3, 0.4) is 0 Å². The minimum Gasteiger partial charge on any atom is -0.339 e. The van der Waals surface area contributed by atoms with Gasteiger partial charge in [0.1, 0.15) is 6.54 Å². The summed E-state index contributed by atoms with van der Waals surface area (Å²) in [6.45, 7) is 3.51. The van der Waals surface area contributed by atoms with Gasteiger partial charge in [-0.15, -0.1) is 11.3 Å². The van der Waals surface area contributed by atoms with Gasteiger partial charge in [0.2, 0.25) is 5.91 Å². The Bertz CT molecular complexity index is 1100. The number of hydrogen-bond acceptors (Lipinski definition) is 7. The van der Waals surface area contributed by atoms with Crippen LogP contribution in [0, 0.1) is 10.1 Å². The first-order valence-corrected chi connectivity index (χ1v) is 10.1. The van der Waals surface area contributed by atoms with Gasteiger partial charge in [0, 0.05) is 49.7 Å². The fourth-order valence-electron chi connectivity index (χ4n) is 3.40. The predicted octanol–water partition coefficient (Wildman–Crippen LogP) is 1.71. The number of nitro benzene ring substituents is 1. The molecular weight excluding hydrogens is 394 g/mol. The Morgan fingerprint density at radius 1 is 1.21 bits per heavy atom. The number of aromatic nitrogens is 2. The number of piperazine rings is 1. The molecule has 0 spiro atoms. The van der Waals surface area contributed by atoms with E-state index in [4.69, 9.17) is 0 Å². The van der Waals surface area contributed by atoms with Gasteiger partial charge in [0.05, 0.1) is 22.2 Å². The molecule has 0 aliphatic carbocycles. The molecule has 4 rings (SSSR count). The number of fused-ring (bicyclic) bond motifs is 1. The first kappa shape index (κ1) is 19.2. The van der Waals surface area contributed by atoms with Gasteiger partial charge in [-0.2, -0.15) is 0 Å². The highest BCUT2D eigenvalue weighted by molar-refractivity contribution is 7.09. The molecule has 1 fully saturated rings. The zero-order valence-corrected chi connectivity index (χ0v) is 16.4.